The van der Waals surface area contributed by atoms with Crippen LogP contribution in [0.4, 0.5) is 0 Å². The van der Waals surface area contributed by atoms with Gasteiger partial charge in [-0.05, 0) is 122 Å². The number of esters is 2. The summed E-state index contributed by atoms with van der Waals surface area (Å²) in [6.45, 7) is 3.98. The van der Waals surface area contributed by atoms with Crippen LogP contribution in [0, 0.1) is 0 Å². The number of ether oxygens (including phenoxy) is 2. The van der Waals surface area contributed by atoms with Crippen LogP contribution in [0.25, 0.3) is 0 Å². The van der Waals surface area contributed by atoms with Gasteiger partial charge in [-0.3, -0.25) is 9.59 Å². The molecule has 0 saturated carbocycles. The number of hydrogen-bond donors (Lipinski definition) is 1. The van der Waals surface area contributed by atoms with Gasteiger partial charge in [0.25, 0.3) is 0 Å². The number of unbranched alkanes of at least 4 members (excludes halogenated alkanes) is 15. The lowest BCUT2D eigenvalue weighted by Gasteiger charge is -2.15. The molecule has 0 bridgehead atoms. The second kappa shape index (κ2) is 56.1. The smallest absolute Gasteiger partial charge is 0.306 e. The third-order valence-corrected chi connectivity index (χ3v) is 10.9. The molecule has 0 amide bonds. The SMILES string of the molecule is CC/C=C\C/C=C\C/C=C\C/C=C\C/C=C\C/C=C\C/C=C\C/C=C\C/C=C\C/C=C\C/C=C\CCCCCCCC(=O)OC(CO)COC(=O)CCCCCCC/C=C\CCCCCCC. The molecular weight excluding hydrogens is 825 g/mol. The van der Waals surface area contributed by atoms with E-state index < -0.39 is 6.10 Å². The highest BCUT2D eigenvalue weighted by molar-refractivity contribution is 5.70. The Balaban J connectivity index is 3.67. The van der Waals surface area contributed by atoms with Crippen LogP contribution < -0.4 is 0 Å². The Morgan fingerprint density at radius 3 is 0.985 bits per heavy atom. The molecule has 0 spiro atoms. The number of carbonyl (C=O) groups excluding carboxylic acids is 2. The molecule has 0 aliphatic rings. The first kappa shape index (κ1) is 62.8. The third-order valence-electron chi connectivity index (χ3n) is 10.9. The van der Waals surface area contributed by atoms with Crippen molar-refractivity contribution in [1.29, 1.82) is 0 Å². The van der Waals surface area contributed by atoms with E-state index in [0.717, 1.165) is 135 Å². The molecule has 0 saturated heterocycles. The number of aliphatic hydroxyl groups is 1. The molecule has 0 aliphatic carbocycles. The maximum absolute atomic E-state index is 12.3. The van der Waals surface area contributed by atoms with Crippen LogP contribution >= 0.6 is 0 Å². The molecule has 1 atom stereocenters. The van der Waals surface area contributed by atoms with Gasteiger partial charge in [-0.2, -0.15) is 0 Å². The van der Waals surface area contributed by atoms with Crippen LogP contribution in [-0.4, -0.2) is 36.4 Å². The summed E-state index contributed by atoms with van der Waals surface area (Å²) in [5, 5.41) is 9.61. The Bertz CT molecular complexity index is 1460. The average Bonchev–Trinajstić information content (AvgIpc) is 3.33. The van der Waals surface area contributed by atoms with Crippen molar-refractivity contribution in [3.63, 3.8) is 0 Å². The zero-order chi connectivity index (χ0) is 48.5. The van der Waals surface area contributed by atoms with Crippen molar-refractivity contribution < 1.29 is 24.2 Å². The molecule has 1 unspecified atom stereocenters. The highest BCUT2D eigenvalue weighted by Crippen LogP contribution is 2.12. The van der Waals surface area contributed by atoms with Crippen molar-refractivity contribution >= 4 is 11.9 Å². The van der Waals surface area contributed by atoms with E-state index in [2.05, 4.69) is 160 Å². The summed E-state index contributed by atoms with van der Waals surface area (Å²) < 4.78 is 10.6. The zero-order valence-corrected chi connectivity index (χ0v) is 42.8. The summed E-state index contributed by atoms with van der Waals surface area (Å²) in [7, 11) is 0. The van der Waals surface area contributed by atoms with E-state index in [1.807, 2.05) is 0 Å². The first-order valence-corrected chi connectivity index (χ1v) is 26.9. The van der Waals surface area contributed by atoms with Gasteiger partial charge in [0.05, 0.1) is 6.61 Å². The molecule has 0 heterocycles. The van der Waals surface area contributed by atoms with E-state index >= 15 is 0 Å². The first-order chi connectivity index (χ1) is 33.1. The minimum Gasteiger partial charge on any atom is -0.462 e. The van der Waals surface area contributed by atoms with Crippen molar-refractivity contribution in [3.05, 3.63) is 146 Å². The minimum absolute atomic E-state index is 0.0863. The summed E-state index contributed by atoms with van der Waals surface area (Å²) in [6.07, 6.45) is 85.2. The quantitative estimate of drug-likeness (QED) is 0.0374. The molecule has 0 aromatic heterocycles. The molecule has 0 aromatic rings. The third kappa shape index (κ3) is 54.3. The normalized spacial score (nSPS) is 13.4. The maximum Gasteiger partial charge on any atom is 0.306 e. The number of carbonyl (C=O) groups is 2. The maximum atomic E-state index is 12.3. The van der Waals surface area contributed by atoms with Gasteiger partial charge in [0.1, 0.15) is 6.61 Å². The molecule has 0 fully saturated rings. The van der Waals surface area contributed by atoms with Crippen molar-refractivity contribution in [2.24, 2.45) is 0 Å². The topological polar surface area (TPSA) is 72.8 Å². The molecule has 0 radical (unpaired) electrons. The Labute approximate surface area is 412 Å². The molecule has 0 rings (SSSR count). The van der Waals surface area contributed by atoms with Crippen molar-refractivity contribution in [2.45, 2.75) is 219 Å². The molecule has 5 nitrogen and oxygen atoms in total. The molecule has 67 heavy (non-hydrogen) atoms. The molecule has 0 aromatic carbocycles. The second-order valence-corrected chi connectivity index (χ2v) is 17.2. The van der Waals surface area contributed by atoms with Gasteiger partial charge in [0, 0.05) is 12.8 Å². The Kier molecular flexibility index (Phi) is 52.6. The van der Waals surface area contributed by atoms with Crippen LogP contribution in [0.2, 0.25) is 0 Å². The van der Waals surface area contributed by atoms with E-state index in [4.69, 9.17) is 9.47 Å². The van der Waals surface area contributed by atoms with Gasteiger partial charge in [-0.15, -0.1) is 0 Å². The highest BCUT2D eigenvalue weighted by Gasteiger charge is 2.16. The van der Waals surface area contributed by atoms with Gasteiger partial charge in [0.15, 0.2) is 6.10 Å². The standard InChI is InChI=1S/C62H98O5/c1-3-5-7-9-11-13-15-17-19-20-21-22-23-24-25-26-27-28-29-30-31-32-33-34-35-36-37-38-39-40-41-42-43-45-47-49-51-53-55-57-62(65)67-60(58-63)59-66-61(64)56-54-52-50-48-46-44-18-16-14-12-10-8-6-4-2/h5,7,11,13,16-19,21-22,24-25,27-28,30-31,33-34,36-37,39-40,42-43,60,63H,3-4,6,8-10,12,14-15,20,23,26,29,32,35,38,41,44-59H2,1-2H3/b7-5-,13-11-,18-16-,19-17-,22-21-,25-24-,28-27-,31-30-,34-33-,37-36-,40-39-,43-42-. The van der Waals surface area contributed by atoms with E-state index in [1.54, 1.807) is 0 Å². The summed E-state index contributed by atoms with van der Waals surface area (Å²) in [4.78, 5) is 24.4. The van der Waals surface area contributed by atoms with Crippen LogP contribution in [0.1, 0.15) is 213 Å². The Morgan fingerprint density at radius 1 is 0.358 bits per heavy atom. The lowest BCUT2D eigenvalue weighted by molar-refractivity contribution is -0.161. The van der Waals surface area contributed by atoms with Crippen molar-refractivity contribution in [2.75, 3.05) is 13.2 Å². The van der Waals surface area contributed by atoms with Gasteiger partial charge in [-0.1, -0.05) is 224 Å². The average molecular weight is 923 g/mol. The lowest BCUT2D eigenvalue weighted by Crippen LogP contribution is -2.28. The van der Waals surface area contributed by atoms with Gasteiger partial charge in [-0.25, -0.2) is 0 Å². The fourth-order valence-corrected chi connectivity index (χ4v) is 6.85. The first-order valence-electron chi connectivity index (χ1n) is 26.9. The van der Waals surface area contributed by atoms with Gasteiger partial charge < -0.3 is 14.6 Å². The second-order valence-electron chi connectivity index (χ2n) is 17.2. The largest absolute Gasteiger partial charge is 0.462 e. The number of rotatable bonds is 47. The molecular formula is C62H98O5. The molecule has 5 heteroatoms. The Morgan fingerprint density at radius 2 is 0.642 bits per heavy atom. The summed E-state index contributed by atoms with van der Waals surface area (Å²) in [6, 6.07) is 0. The predicted molar refractivity (Wildman–Crippen MR) is 292 cm³/mol. The van der Waals surface area contributed by atoms with Crippen molar-refractivity contribution in [1.82, 2.24) is 0 Å². The van der Waals surface area contributed by atoms with Crippen LogP contribution in [0.3, 0.4) is 0 Å². The number of aliphatic hydroxyl groups excluding tert-OH is 1. The zero-order valence-electron chi connectivity index (χ0n) is 42.8. The molecule has 1 N–H and O–H groups in total. The fourth-order valence-electron chi connectivity index (χ4n) is 6.85. The Hall–Kier alpha value is -4.22. The number of allylic oxidation sites excluding steroid dienone is 24. The summed E-state index contributed by atoms with van der Waals surface area (Å²) in [5.74, 6) is -0.633. The molecule has 376 valence electrons. The monoisotopic (exact) mass is 923 g/mol. The van der Waals surface area contributed by atoms with E-state index in [0.29, 0.717) is 12.8 Å². The highest BCUT2D eigenvalue weighted by atomic mass is 16.6. The predicted octanol–water partition coefficient (Wildman–Crippen LogP) is 18.2. The van der Waals surface area contributed by atoms with E-state index in [1.165, 1.54) is 51.4 Å². The fraction of sp³-hybridized carbons (Fsp3) is 0.581. The lowest BCUT2D eigenvalue weighted by atomic mass is 10.1. The van der Waals surface area contributed by atoms with E-state index in [-0.39, 0.29) is 25.2 Å². The van der Waals surface area contributed by atoms with Crippen LogP contribution in [0.5, 0.6) is 0 Å². The summed E-state index contributed by atoms with van der Waals surface area (Å²) in [5.41, 5.74) is 0. The van der Waals surface area contributed by atoms with Gasteiger partial charge >= 0.3 is 11.9 Å². The van der Waals surface area contributed by atoms with E-state index in [9.17, 15) is 14.7 Å². The molecule has 0 aliphatic heterocycles. The number of hydrogen-bond acceptors (Lipinski definition) is 5. The van der Waals surface area contributed by atoms with Gasteiger partial charge in [0.2, 0.25) is 0 Å². The summed E-state index contributed by atoms with van der Waals surface area (Å²) >= 11 is 0. The van der Waals surface area contributed by atoms with Crippen LogP contribution in [0.15, 0.2) is 146 Å². The minimum atomic E-state index is -0.795. The van der Waals surface area contributed by atoms with Crippen molar-refractivity contribution in [3.8, 4) is 0 Å². The van der Waals surface area contributed by atoms with Crippen LogP contribution in [-0.2, 0) is 19.1 Å².